The van der Waals surface area contributed by atoms with Crippen LogP contribution in [-0.4, -0.2) is 163 Å². The number of imidazole rings is 1. The first kappa shape index (κ1) is 56.5. The summed E-state index contributed by atoms with van der Waals surface area (Å²) in [6.07, 6.45) is 2.60. The molecule has 72 heavy (non-hydrogen) atoms. The van der Waals surface area contributed by atoms with Crippen molar-refractivity contribution >= 4 is 59.2 Å². The first-order valence-corrected chi connectivity index (χ1v) is 23.2. The van der Waals surface area contributed by atoms with E-state index in [1.807, 2.05) is 0 Å². The van der Waals surface area contributed by atoms with Crippen LogP contribution in [0.1, 0.15) is 62.8 Å². The highest BCUT2D eigenvalue weighted by molar-refractivity contribution is 5.97. The fourth-order valence-electron chi connectivity index (χ4n) is 7.89. The van der Waals surface area contributed by atoms with E-state index in [0.29, 0.717) is 23.2 Å². The van der Waals surface area contributed by atoms with Gasteiger partial charge in [0.1, 0.15) is 42.0 Å². The van der Waals surface area contributed by atoms with Gasteiger partial charge in [0, 0.05) is 51.3 Å². The third-order valence-electron chi connectivity index (χ3n) is 11.7. The number of aromatic amines is 1. The van der Waals surface area contributed by atoms with E-state index in [-0.39, 0.29) is 63.3 Å². The molecular weight excluding hydrogens is 939 g/mol. The molecule has 1 aromatic heterocycles. The maximum atomic E-state index is 14.3. The van der Waals surface area contributed by atoms with Crippen LogP contribution in [0, 0.1) is 5.92 Å². The standard InChI is InChI=1S/C47H65N13O12/c1-26(2)39(58-41(66)32(11-7-17-52-47(49)50)55-40(65)31(48)22-38(63)64)43(68)56-33(19-28-13-15-30(61)16-14-28)44(69)59(3)24-37(62)54-34(21-29-23-51-25-53-29)45(70)60-18-8-12-36(60)42(67)57-35(46(71)72)20-27-9-5-4-6-10-27/h4-6,9-10,13-16,23,25-26,31-36,39,61H,7-8,11-12,17-22,24,48H2,1-3H3,(H,51,53)(H,54,62)(H,55,65)(H,56,68)(H,57,67)(H,58,66)(H,63,64)(H,71,72)(H4,49,50,52)/t31-,32-,33-,34-,35-,36-,39-/m0/s1. The number of likely N-dealkylation sites (tertiary alicyclic amines) is 1. The Bertz CT molecular complexity index is 2380. The number of nitrogens with one attached hydrogen (secondary N) is 6. The number of benzene rings is 2. The molecule has 0 radical (unpaired) electrons. The summed E-state index contributed by atoms with van der Waals surface area (Å²) >= 11 is 0. The lowest BCUT2D eigenvalue weighted by Gasteiger charge is -2.30. The molecule has 7 amide bonds. The van der Waals surface area contributed by atoms with Crippen molar-refractivity contribution in [2.45, 2.75) is 108 Å². The molecule has 2 heterocycles. The van der Waals surface area contributed by atoms with Crippen molar-refractivity contribution in [1.82, 2.24) is 46.4 Å². The van der Waals surface area contributed by atoms with Gasteiger partial charge in [0.05, 0.1) is 25.3 Å². The van der Waals surface area contributed by atoms with Crippen molar-refractivity contribution in [3.63, 3.8) is 0 Å². The average molecular weight is 1000 g/mol. The van der Waals surface area contributed by atoms with Gasteiger partial charge in [-0.1, -0.05) is 56.3 Å². The summed E-state index contributed by atoms with van der Waals surface area (Å²) in [5.74, 6) is -9.00. The molecule has 1 aliphatic rings. The van der Waals surface area contributed by atoms with E-state index in [0.717, 1.165) is 4.90 Å². The van der Waals surface area contributed by atoms with Gasteiger partial charge >= 0.3 is 11.9 Å². The Hall–Kier alpha value is -8.09. The first-order chi connectivity index (χ1) is 34.1. The molecular formula is C47H65N13O12. The van der Waals surface area contributed by atoms with E-state index in [2.05, 4.69) is 41.5 Å². The van der Waals surface area contributed by atoms with Gasteiger partial charge in [-0.05, 0) is 54.9 Å². The minimum absolute atomic E-state index is 0.00138. The average Bonchev–Trinajstić information content (AvgIpc) is 4.04. The molecule has 2 aromatic carbocycles. The first-order valence-electron chi connectivity index (χ1n) is 23.2. The number of carboxylic acid groups (broad SMARTS) is 2. The second-order valence-electron chi connectivity index (χ2n) is 17.8. The smallest absolute Gasteiger partial charge is 0.326 e. The SMILES string of the molecule is CC(C)[C@H](NC(=O)[C@H](CCCN=C(N)N)NC(=O)[C@@H](N)CC(=O)O)C(=O)N[C@@H](Cc1ccc(O)cc1)C(=O)N(C)CC(=O)N[C@@H](Cc1cnc[nH]1)C(=O)N1CCC[C@H]1C(=O)N[C@@H](Cc1ccccc1)C(=O)O. The van der Waals surface area contributed by atoms with Crippen LogP contribution in [0.25, 0.3) is 0 Å². The van der Waals surface area contributed by atoms with E-state index in [4.69, 9.17) is 22.3 Å². The van der Waals surface area contributed by atoms with Crippen LogP contribution >= 0.6 is 0 Å². The lowest BCUT2D eigenvalue weighted by atomic mass is 9.99. The number of aromatic hydroxyl groups is 1. The van der Waals surface area contributed by atoms with Gasteiger partial charge < -0.3 is 73.9 Å². The normalized spacial score (nSPS) is 15.6. The summed E-state index contributed by atoms with van der Waals surface area (Å²) in [6, 6.07) is 5.35. The van der Waals surface area contributed by atoms with Crippen LogP contribution in [-0.2, 0) is 62.4 Å². The van der Waals surface area contributed by atoms with E-state index < -0.39 is 114 Å². The molecule has 390 valence electrons. The number of hydrogen-bond donors (Lipinski definition) is 12. The zero-order chi connectivity index (χ0) is 53.1. The zero-order valence-electron chi connectivity index (χ0n) is 40.3. The van der Waals surface area contributed by atoms with Crippen molar-refractivity contribution in [3.8, 4) is 5.75 Å². The minimum atomic E-state index is -1.50. The fourth-order valence-corrected chi connectivity index (χ4v) is 7.89. The van der Waals surface area contributed by atoms with Gasteiger partial charge in [0.25, 0.3) is 0 Å². The van der Waals surface area contributed by atoms with Crippen LogP contribution in [0.2, 0.25) is 0 Å². The van der Waals surface area contributed by atoms with Crippen molar-refractivity contribution < 1.29 is 58.5 Å². The van der Waals surface area contributed by atoms with Gasteiger partial charge in [0.2, 0.25) is 41.4 Å². The number of rotatable bonds is 27. The summed E-state index contributed by atoms with van der Waals surface area (Å²) in [5, 5.41) is 42.0. The third-order valence-corrected chi connectivity index (χ3v) is 11.7. The number of amides is 7. The molecule has 0 bridgehead atoms. The Morgan fingerprint density at radius 3 is 2.08 bits per heavy atom. The summed E-state index contributed by atoms with van der Waals surface area (Å²) in [7, 11) is 1.30. The van der Waals surface area contributed by atoms with Gasteiger partial charge in [-0.25, -0.2) is 9.78 Å². The van der Waals surface area contributed by atoms with E-state index in [9.17, 15) is 53.4 Å². The number of H-pyrrole nitrogens is 1. The Labute approximate surface area is 415 Å². The van der Waals surface area contributed by atoms with E-state index in [1.54, 1.807) is 44.2 Å². The van der Waals surface area contributed by atoms with Crippen LogP contribution in [0.3, 0.4) is 0 Å². The van der Waals surface area contributed by atoms with Crippen LogP contribution in [0.15, 0.2) is 72.1 Å². The van der Waals surface area contributed by atoms with Crippen LogP contribution < -0.4 is 43.8 Å². The number of aliphatic imine (C=N–C) groups is 1. The molecule has 0 unspecified atom stereocenters. The van der Waals surface area contributed by atoms with Crippen molar-refractivity contribution in [2.75, 3.05) is 26.7 Å². The highest BCUT2D eigenvalue weighted by atomic mass is 16.4. The third kappa shape index (κ3) is 17.7. The second kappa shape index (κ2) is 27.3. The molecule has 7 atom stereocenters. The number of likely N-dealkylation sites (N-methyl/N-ethyl adjacent to an activating group) is 1. The minimum Gasteiger partial charge on any atom is -0.508 e. The number of guanidine groups is 1. The number of nitrogens with zero attached hydrogens (tertiary/aromatic N) is 4. The number of nitrogens with two attached hydrogens (primary N) is 3. The maximum Gasteiger partial charge on any atom is 0.326 e. The van der Waals surface area contributed by atoms with Crippen molar-refractivity contribution in [2.24, 2.45) is 28.1 Å². The molecule has 25 nitrogen and oxygen atoms in total. The van der Waals surface area contributed by atoms with Crippen LogP contribution in [0.5, 0.6) is 5.75 Å². The molecule has 4 rings (SSSR count). The zero-order valence-corrected chi connectivity index (χ0v) is 40.3. The monoisotopic (exact) mass is 1000 g/mol. The molecule has 0 spiro atoms. The largest absolute Gasteiger partial charge is 0.508 e. The summed E-state index contributed by atoms with van der Waals surface area (Å²) in [4.78, 5) is 133. The topological polar surface area (TPSA) is 400 Å². The Kier molecular flexibility index (Phi) is 21.5. The number of aromatic nitrogens is 2. The number of carbonyl (C=O) groups excluding carboxylic acids is 7. The van der Waals surface area contributed by atoms with Crippen LogP contribution in [0.4, 0.5) is 0 Å². The molecule has 0 aliphatic carbocycles. The lowest BCUT2D eigenvalue weighted by Crippen LogP contribution is -2.60. The summed E-state index contributed by atoms with van der Waals surface area (Å²) in [5.41, 5.74) is 18.2. The molecule has 1 aliphatic heterocycles. The number of aliphatic carboxylic acids is 2. The number of carbonyl (C=O) groups is 9. The fraction of sp³-hybridized carbons (Fsp3) is 0.468. The molecule has 15 N–H and O–H groups in total. The number of phenolic OH excluding ortho intramolecular Hbond substituents is 1. The highest BCUT2D eigenvalue weighted by Crippen LogP contribution is 2.21. The Morgan fingerprint density at radius 2 is 1.47 bits per heavy atom. The highest BCUT2D eigenvalue weighted by Gasteiger charge is 2.40. The maximum absolute atomic E-state index is 14.3. The molecule has 0 saturated carbocycles. The predicted molar refractivity (Wildman–Crippen MR) is 259 cm³/mol. The quantitative estimate of drug-likeness (QED) is 0.0215. The lowest BCUT2D eigenvalue weighted by molar-refractivity contribution is -0.145. The van der Waals surface area contributed by atoms with E-state index >= 15 is 0 Å². The number of phenols is 1. The number of hydrogen-bond acceptors (Lipinski definition) is 13. The molecule has 25 heteroatoms. The second-order valence-corrected chi connectivity index (χ2v) is 17.8. The predicted octanol–water partition coefficient (Wildman–Crippen LogP) is -2.39. The van der Waals surface area contributed by atoms with Crippen molar-refractivity contribution in [3.05, 3.63) is 83.9 Å². The number of carboxylic acids is 2. The van der Waals surface area contributed by atoms with Gasteiger partial charge in [-0.15, -0.1) is 0 Å². The van der Waals surface area contributed by atoms with Gasteiger partial charge in [-0.3, -0.25) is 43.3 Å². The Morgan fingerprint density at radius 1 is 0.819 bits per heavy atom. The summed E-state index contributed by atoms with van der Waals surface area (Å²) in [6.45, 7) is 2.79. The van der Waals surface area contributed by atoms with E-state index in [1.165, 1.54) is 48.7 Å². The summed E-state index contributed by atoms with van der Waals surface area (Å²) < 4.78 is 0. The van der Waals surface area contributed by atoms with Gasteiger partial charge in [-0.2, -0.15) is 0 Å². The molecule has 1 saturated heterocycles. The van der Waals surface area contributed by atoms with Crippen molar-refractivity contribution in [1.29, 1.82) is 0 Å². The van der Waals surface area contributed by atoms with Gasteiger partial charge in [0.15, 0.2) is 5.96 Å². The molecule has 1 fully saturated rings. The Balaban J connectivity index is 1.52. The molecule has 3 aromatic rings.